The Morgan fingerprint density at radius 3 is 2.14 bits per heavy atom. The quantitative estimate of drug-likeness (QED) is 0.489. The van der Waals surface area contributed by atoms with Gasteiger partial charge in [-0.2, -0.15) is 0 Å². The van der Waals surface area contributed by atoms with E-state index in [2.05, 4.69) is 12.1 Å². The van der Waals surface area contributed by atoms with Gasteiger partial charge in [-0.15, -0.1) is 0 Å². The maximum atomic E-state index is 9.98. The Balaban J connectivity index is 2.09. The summed E-state index contributed by atoms with van der Waals surface area (Å²) in [4.78, 5) is 0. The predicted molar refractivity (Wildman–Crippen MR) is 116 cm³/mol. The molecule has 1 N–H and O–H groups in total. The Kier molecular flexibility index (Phi) is 9.02. The molecule has 4 nitrogen and oxygen atoms in total. The van der Waals surface area contributed by atoms with E-state index in [0.717, 1.165) is 41.3 Å². The highest BCUT2D eigenvalue weighted by Gasteiger charge is 2.19. The number of aryl methyl sites for hydroxylation is 1. The van der Waals surface area contributed by atoms with E-state index in [0.29, 0.717) is 12.4 Å². The van der Waals surface area contributed by atoms with Gasteiger partial charge < -0.3 is 18.7 Å². The average Bonchev–Trinajstić information content (AvgIpc) is 2.62. The van der Waals surface area contributed by atoms with Gasteiger partial charge in [0.2, 0.25) is 0 Å². The van der Waals surface area contributed by atoms with Gasteiger partial charge in [-0.25, -0.2) is 0 Å². The number of ether oxygens (including phenoxy) is 1. The summed E-state index contributed by atoms with van der Waals surface area (Å²) >= 11 is 0. The maximum absolute atomic E-state index is 9.98. The van der Waals surface area contributed by atoms with Crippen LogP contribution in [0.5, 0.6) is 11.5 Å². The van der Waals surface area contributed by atoms with Crippen molar-refractivity contribution in [3.8, 4) is 22.6 Å². The molecular formula is C23H33O4Si. The fourth-order valence-corrected chi connectivity index (χ4v) is 4.87. The Morgan fingerprint density at radius 2 is 1.57 bits per heavy atom. The summed E-state index contributed by atoms with van der Waals surface area (Å²) in [5.41, 5.74) is 3.41. The van der Waals surface area contributed by atoms with Gasteiger partial charge in [-0.1, -0.05) is 18.2 Å². The minimum absolute atomic E-state index is 0.174. The van der Waals surface area contributed by atoms with E-state index in [4.69, 9.17) is 13.6 Å². The van der Waals surface area contributed by atoms with Crippen LogP contribution < -0.4 is 4.74 Å². The second kappa shape index (κ2) is 11.2. The van der Waals surface area contributed by atoms with Crippen LogP contribution >= 0.6 is 0 Å². The lowest BCUT2D eigenvalue weighted by Crippen LogP contribution is -2.29. The molecule has 28 heavy (non-hydrogen) atoms. The number of hydrogen-bond donors (Lipinski definition) is 1. The molecule has 0 aliphatic heterocycles. The lowest BCUT2D eigenvalue weighted by molar-refractivity contribution is 0.129. The molecule has 0 unspecified atom stereocenters. The third kappa shape index (κ3) is 7.30. The fraction of sp³-hybridized carbons (Fsp3) is 0.478. The van der Waals surface area contributed by atoms with Crippen molar-refractivity contribution in [1.29, 1.82) is 0 Å². The number of phenolic OH excluding ortho intramolecular Hbond substituents is 1. The normalized spacial score (nSPS) is 11.6. The SMILES string of the molecule is CCOc1ccc(-c2ccc(O)cc2CCC[Si](OC(C)C)OC(C)C)cc1. The van der Waals surface area contributed by atoms with Crippen LogP contribution in [0, 0.1) is 0 Å². The van der Waals surface area contributed by atoms with Crippen molar-refractivity contribution < 1.29 is 18.7 Å². The van der Waals surface area contributed by atoms with Gasteiger partial charge in [0.1, 0.15) is 11.5 Å². The van der Waals surface area contributed by atoms with Crippen LogP contribution in [0.2, 0.25) is 6.04 Å². The van der Waals surface area contributed by atoms with Crippen molar-refractivity contribution >= 4 is 9.28 Å². The highest BCUT2D eigenvalue weighted by molar-refractivity contribution is 6.44. The van der Waals surface area contributed by atoms with Crippen LogP contribution in [0.3, 0.4) is 0 Å². The molecular weight excluding hydrogens is 368 g/mol. The van der Waals surface area contributed by atoms with Crippen molar-refractivity contribution in [3.63, 3.8) is 0 Å². The molecule has 0 aliphatic carbocycles. The molecule has 0 heterocycles. The van der Waals surface area contributed by atoms with Crippen LogP contribution in [0.15, 0.2) is 42.5 Å². The molecule has 5 heteroatoms. The highest BCUT2D eigenvalue weighted by Crippen LogP contribution is 2.30. The molecule has 0 fully saturated rings. The smallest absolute Gasteiger partial charge is 0.385 e. The van der Waals surface area contributed by atoms with E-state index >= 15 is 0 Å². The third-order valence-corrected chi connectivity index (χ3v) is 6.36. The zero-order valence-electron chi connectivity index (χ0n) is 17.7. The van der Waals surface area contributed by atoms with Crippen LogP contribution in [0.4, 0.5) is 0 Å². The number of hydrogen-bond acceptors (Lipinski definition) is 4. The van der Waals surface area contributed by atoms with Crippen molar-refractivity contribution in [3.05, 3.63) is 48.0 Å². The Morgan fingerprint density at radius 1 is 0.929 bits per heavy atom. The van der Waals surface area contributed by atoms with Gasteiger partial charge in [0, 0.05) is 12.2 Å². The van der Waals surface area contributed by atoms with Gasteiger partial charge in [-0.3, -0.25) is 0 Å². The van der Waals surface area contributed by atoms with Crippen LogP contribution in [-0.4, -0.2) is 33.2 Å². The largest absolute Gasteiger partial charge is 0.508 e. The lowest BCUT2D eigenvalue weighted by atomic mass is 9.96. The monoisotopic (exact) mass is 401 g/mol. The fourth-order valence-electron chi connectivity index (χ4n) is 3.06. The molecule has 2 aromatic rings. The summed E-state index contributed by atoms with van der Waals surface area (Å²) in [6.07, 6.45) is 2.18. The molecule has 0 saturated heterocycles. The summed E-state index contributed by atoms with van der Waals surface area (Å²) in [6.45, 7) is 10.8. The first-order valence-electron chi connectivity index (χ1n) is 10.1. The van der Waals surface area contributed by atoms with Crippen molar-refractivity contribution in [2.75, 3.05) is 6.61 Å². The predicted octanol–water partition coefficient (Wildman–Crippen LogP) is 5.73. The average molecular weight is 402 g/mol. The molecule has 1 radical (unpaired) electrons. The van der Waals surface area contributed by atoms with E-state index in [-0.39, 0.29) is 12.2 Å². The van der Waals surface area contributed by atoms with Crippen LogP contribution in [0.25, 0.3) is 11.1 Å². The summed E-state index contributed by atoms with van der Waals surface area (Å²) in [7, 11) is -1.29. The van der Waals surface area contributed by atoms with Gasteiger partial charge in [-0.05, 0) is 94.5 Å². The van der Waals surface area contributed by atoms with Crippen LogP contribution in [0.1, 0.15) is 46.6 Å². The second-order valence-electron chi connectivity index (χ2n) is 7.36. The van der Waals surface area contributed by atoms with Crippen molar-refractivity contribution in [2.24, 2.45) is 0 Å². The molecule has 0 saturated carbocycles. The molecule has 0 bridgehead atoms. The Labute approximate surface area is 171 Å². The minimum Gasteiger partial charge on any atom is -0.508 e. The second-order valence-corrected chi connectivity index (χ2v) is 9.07. The summed E-state index contributed by atoms with van der Waals surface area (Å²) in [6, 6.07) is 14.6. The highest BCUT2D eigenvalue weighted by atomic mass is 28.3. The Hall–Kier alpha value is -1.82. The molecule has 0 amide bonds. The van der Waals surface area contributed by atoms with Crippen LogP contribution in [-0.2, 0) is 15.3 Å². The maximum Gasteiger partial charge on any atom is 0.385 e. The zero-order chi connectivity index (χ0) is 20.5. The summed E-state index contributed by atoms with van der Waals surface area (Å²) in [5, 5.41) is 9.98. The van der Waals surface area contributed by atoms with Crippen molar-refractivity contribution in [1.82, 2.24) is 0 Å². The molecule has 0 aromatic heterocycles. The molecule has 0 atom stereocenters. The molecule has 0 spiro atoms. The Bertz CT molecular complexity index is 703. The van der Waals surface area contributed by atoms with Crippen molar-refractivity contribution in [2.45, 2.75) is 65.7 Å². The summed E-state index contributed by atoms with van der Waals surface area (Å²) < 4.78 is 17.5. The van der Waals surface area contributed by atoms with Gasteiger partial charge in [0.15, 0.2) is 0 Å². The molecule has 0 aliphatic rings. The topological polar surface area (TPSA) is 47.9 Å². The first kappa shape index (κ1) is 22.5. The number of phenols is 1. The van der Waals surface area contributed by atoms with Gasteiger partial charge in [0.25, 0.3) is 0 Å². The third-order valence-electron chi connectivity index (χ3n) is 4.13. The molecule has 2 aromatic carbocycles. The first-order chi connectivity index (χ1) is 13.4. The van der Waals surface area contributed by atoms with E-state index in [1.165, 1.54) is 0 Å². The number of aromatic hydroxyl groups is 1. The van der Waals surface area contributed by atoms with E-state index in [1.54, 1.807) is 6.07 Å². The van der Waals surface area contributed by atoms with E-state index < -0.39 is 9.28 Å². The number of benzene rings is 2. The standard InChI is InChI=1S/C23H33O4Si/c1-6-25-22-12-9-19(10-13-22)23-14-11-21(24)16-20(23)8-7-15-28(26-17(2)3)27-18(4)5/h9-14,16-18,24H,6-8,15H2,1-5H3. The minimum atomic E-state index is -1.29. The first-order valence-corrected chi connectivity index (χ1v) is 11.7. The lowest BCUT2D eigenvalue weighted by Gasteiger charge is -2.20. The van der Waals surface area contributed by atoms with Gasteiger partial charge in [0.05, 0.1) is 6.61 Å². The van der Waals surface area contributed by atoms with Gasteiger partial charge >= 0.3 is 9.28 Å². The molecule has 2 rings (SSSR count). The number of rotatable bonds is 11. The molecule has 153 valence electrons. The van der Waals surface area contributed by atoms with E-state index in [1.807, 2.05) is 58.9 Å². The zero-order valence-corrected chi connectivity index (χ0v) is 18.7. The van der Waals surface area contributed by atoms with E-state index in [9.17, 15) is 5.11 Å². The summed E-state index contributed by atoms with van der Waals surface area (Å²) in [5.74, 6) is 1.17.